The van der Waals surface area contributed by atoms with E-state index in [0.29, 0.717) is 26.1 Å². The number of morpholine rings is 1. The van der Waals surface area contributed by atoms with E-state index in [4.69, 9.17) is 9.84 Å². The molecule has 1 atom stereocenters. The predicted molar refractivity (Wildman–Crippen MR) is 51.4 cm³/mol. The number of ether oxygens (including phenoxy) is 1. The lowest BCUT2D eigenvalue weighted by Crippen LogP contribution is -2.48. The van der Waals surface area contributed by atoms with Gasteiger partial charge in [0.2, 0.25) is 5.91 Å². The zero-order chi connectivity index (χ0) is 10.4. The summed E-state index contributed by atoms with van der Waals surface area (Å²) in [5, 5.41) is 10.8. The van der Waals surface area contributed by atoms with Crippen LogP contribution in [0.2, 0.25) is 0 Å². The minimum Gasteiger partial charge on any atom is -0.393 e. The number of rotatable bonds is 4. The molecule has 1 saturated heterocycles. The average molecular weight is 202 g/mol. The van der Waals surface area contributed by atoms with Gasteiger partial charge in [-0.3, -0.25) is 10.2 Å². The van der Waals surface area contributed by atoms with Gasteiger partial charge in [0.15, 0.2) is 0 Å². The topological polar surface area (TPSA) is 61.8 Å². The molecule has 0 spiro atoms. The Morgan fingerprint density at radius 1 is 1.57 bits per heavy atom. The molecule has 14 heavy (non-hydrogen) atoms. The summed E-state index contributed by atoms with van der Waals surface area (Å²) in [7, 11) is 0. The van der Waals surface area contributed by atoms with Crippen molar-refractivity contribution in [3.8, 4) is 0 Å². The van der Waals surface area contributed by atoms with Gasteiger partial charge >= 0.3 is 0 Å². The molecule has 0 bridgehead atoms. The second kappa shape index (κ2) is 5.95. The number of hydrogen-bond donors (Lipinski definition) is 2. The molecule has 0 aliphatic carbocycles. The maximum atomic E-state index is 11.3. The van der Waals surface area contributed by atoms with Crippen molar-refractivity contribution in [1.29, 1.82) is 0 Å². The lowest BCUT2D eigenvalue weighted by Gasteiger charge is -2.26. The lowest BCUT2D eigenvalue weighted by atomic mass is 10.2. The lowest BCUT2D eigenvalue weighted by molar-refractivity contribution is -0.128. The molecular formula is C9H18N2O3. The molecule has 5 nitrogen and oxygen atoms in total. The number of carbonyl (C=O) groups is 1. The SMILES string of the molecule is CC(O)CCC(=O)NN1CCOCC1. The predicted octanol–water partition coefficient (Wildman–Crippen LogP) is -0.489. The Morgan fingerprint density at radius 2 is 2.21 bits per heavy atom. The Kier molecular flexibility index (Phi) is 4.86. The van der Waals surface area contributed by atoms with Crippen molar-refractivity contribution >= 4 is 5.91 Å². The van der Waals surface area contributed by atoms with Gasteiger partial charge in [-0.2, -0.15) is 0 Å². The van der Waals surface area contributed by atoms with Crippen LogP contribution < -0.4 is 5.43 Å². The third-order valence-electron chi connectivity index (χ3n) is 2.08. The first-order chi connectivity index (χ1) is 6.68. The number of aliphatic hydroxyl groups is 1. The number of nitrogens with zero attached hydrogens (tertiary/aromatic N) is 1. The zero-order valence-electron chi connectivity index (χ0n) is 8.53. The normalized spacial score (nSPS) is 20.4. The van der Waals surface area contributed by atoms with Gasteiger partial charge in [-0.05, 0) is 13.3 Å². The largest absolute Gasteiger partial charge is 0.393 e. The van der Waals surface area contributed by atoms with Crippen molar-refractivity contribution in [3.05, 3.63) is 0 Å². The summed E-state index contributed by atoms with van der Waals surface area (Å²) < 4.78 is 5.15. The molecule has 0 aromatic carbocycles. The van der Waals surface area contributed by atoms with E-state index in [1.54, 1.807) is 6.92 Å². The Balaban J connectivity index is 2.12. The second-order valence-corrected chi connectivity index (χ2v) is 3.52. The molecule has 2 N–H and O–H groups in total. The van der Waals surface area contributed by atoms with Crippen molar-refractivity contribution in [2.24, 2.45) is 0 Å². The van der Waals surface area contributed by atoms with Crippen LogP contribution in [0.3, 0.4) is 0 Å². The number of nitrogens with one attached hydrogen (secondary N) is 1. The molecule has 1 aliphatic rings. The van der Waals surface area contributed by atoms with Gasteiger partial charge in [-0.15, -0.1) is 0 Å². The molecule has 0 aromatic rings. The molecule has 5 heteroatoms. The number of aliphatic hydroxyl groups excluding tert-OH is 1. The molecule has 0 saturated carbocycles. The fraction of sp³-hybridized carbons (Fsp3) is 0.889. The highest BCUT2D eigenvalue weighted by molar-refractivity contribution is 5.75. The third-order valence-corrected chi connectivity index (χ3v) is 2.08. The molecular weight excluding hydrogens is 184 g/mol. The molecule has 82 valence electrons. The van der Waals surface area contributed by atoms with Crippen molar-refractivity contribution in [3.63, 3.8) is 0 Å². The monoisotopic (exact) mass is 202 g/mol. The Morgan fingerprint density at radius 3 is 2.79 bits per heavy atom. The fourth-order valence-corrected chi connectivity index (χ4v) is 1.25. The van der Waals surface area contributed by atoms with Gasteiger partial charge < -0.3 is 9.84 Å². The van der Waals surface area contributed by atoms with E-state index in [2.05, 4.69) is 5.43 Å². The van der Waals surface area contributed by atoms with Crippen molar-refractivity contribution in [1.82, 2.24) is 10.4 Å². The molecule has 0 aromatic heterocycles. The summed E-state index contributed by atoms with van der Waals surface area (Å²) in [6.45, 7) is 4.48. The van der Waals surface area contributed by atoms with Crippen LogP contribution in [-0.2, 0) is 9.53 Å². The van der Waals surface area contributed by atoms with Crippen LogP contribution in [-0.4, -0.2) is 48.4 Å². The van der Waals surface area contributed by atoms with Crippen LogP contribution in [0.15, 0.2) is 0 Å². The quantitative estimate of drug-likeness (QED) is 0.646. The minimum absolute atomic E-state index is 0.0344. The molecule has 1 amide bonds. The average Bonchev–Trinajstić information content (AvgIpc) is 2.16. The molecule has 0 radical (unpaired) electrons. The van der Waals surface area contributed by atoms with Crippen LogP contribution in [0.5, 0.6) is 0 Å². The fourth-order valence-electron chi connectivity index (χ4n) is 1.25. The maximum absolute atomic E-state index is 11.3. The number of amides is 1. The Hall–Kier alpha value is -0.650. The molecule has 1 fully saturated rings. The zero-order valence-corrected chi connectivity index (χ0v) is 8.53. The van der Waals surface area contributed by atoms with Crippen LogP contribution in [0, 0.1) is 0 Å². The van der Waals surface area contributed by atoms with Crippen LogP contribution in [0.25, 0.3) is 0 Å². The number of hydrazine groups is 1. The Bertz CT molecular complexity index is 179. The van der Waals surface area contributed by atoms with E-state index >= 15 is 0 Å². The summed E-state index contributed by atoms with van der Waals surface area (Å²) in [6, 6.07) is 0. The van der Waals surface area contributed by atoms with E-state index < -0.39 is 6.10 Å². The van der Waals surface area contributed by atoms with Crippen LogP contribution in [0.4, 0.5) is 0 Å². The highest BCUT2D eigenvalue weighted by Crippen LogP contribution is 1.97. The van der Waals surface area contributed by atoms with Crippen LogP contribution >= 0.6 is 0 Å². The van der Waals surface area contributed by atoms with Crippen molar-refractivity contribution in [2.75, 3.05) is 26.3 Å². The van der Waals surface area contributed by atoms with Gasteiger partial charge in [0.25, 0.3) is 0 Å². The van der Waals surface area contributed by atoms with Crippen LogP contribution in [0.1, 0.15) is 19.8 Å². The first-order valence-electron chi connectivity index (χ1n) is 4.98. The molecule has 1 heterocycles. The van der Waals surface area contributed by atoms with E-state index in [0.717, 1.165) is 13.1 Å². The van der Waals surface area contributed by atoms with Gasteiger partial charge in [-0.25, -0.2) is 5.01 Å². The van der Waals surface area contributed by atoms with Gasteiger partial charge in [0.1, 0.15) is 0 Å². The summed E-state index contributed by atoms with van der Waals surface area (Å²) in [6.07, 6.45) is 0.469. The van der Waals surface area contributed by atoms with Gasteiger partial charge in [-0.1, -0.05) is 0 Å². The van der Waals surface area contributed by atoms with E-state index in [-0.39, 0.29) is 5.91 Å². The molecule has 1 aliphatic heterocycles. The van der Waals surface area contributed by atoms with Gasteiger partial charge in [0.05, 0.1) is 19.3 Å². The number of hydrogen-bond acceptors (Lipinski definition) is 4. The summed E-state index contributed by atoms with van der Waals surface area (Å²) in [4.78, 5) is 11.3. The van der Waals surface area contributed by atoms with E-state index in [1.807, 2.05) is 5.01 Å². The third kappa shape index (κ3) is 4.55. The first kappa shape index (κ1) is 11.4. The molecule has 1 unspecified atom stereocenters. The van der Waals surface area contributed by atoms with E-state index in [1.165, 1.54) is 0 Å². The smallest absolute Gasteiger partial charge is 0.234 e. The maximum Gasteiger partial charge on any atom is 0.234 e. The second-order valence-electron chi connectivity index (χ2n) is 3.52. The van der Waals surface area contributed by atoms with Gasteiger partial charge in [0, 0.05) is 19.5 Å². The first-order valence-corrected chi connectivity index (χ1v) is 4.98. The highest BCUT2D eigenvalue weighted by Gasteiger charge is 2.12. The van der Waals surface area contributed by atoms with E-state index in [9.17, 15) is 4.79 Å². The summed E-state index contributed by atoms with van der Waals surface area (Å²) in [5.41, 5.74) is 2.78. The molecule has 1 rings (SSSR count). The Labute approximate surface area is 84.0 Å². The minimum atomic E-state index is -0.412. The van der Waals surface area contributed by atoms with Crippen molar-refractivity contribution < 1.29 is 14.6 Å². The number of carbonyl (C=O) groups excluding carboxylic acids is 1. The van der Waals surface area contributed by atoms with Crippen molar-refractivity contribution in [2.45, 2.75) is 25.9 Å². The standard InChI is InChI=1S/C9H18N2O3/c1-8(12)2-3-9(13)10-11-4-6-14-7-5-11/h8,12H,2-7H2,1H3,(H,10,13). The summed E-state index contributed by atoms with van der Waals surface area (Å²) in [5.74, 6) is -0.0344. The summed E-state index contributed by atoms with van der Waals surface area (Å²) >= 11 is 0. The highest BCUT2D eigenvalue weighted by atomic mass is 16.5.